The van der Waals surface area contributed by atoms with Crippen LogP contribution in [-0.4, -0.2) is 39.4 Å². The van der Waals surface area contributed by atoms with Crippen molar-refractivity contribution in [3.63, 3.8) is 0 Å². The SMILES string of the molecule is Cc1cc(C(O)C(C)N2CCC(O)(c3ccccc3)CC2)ccc1O. The molecule has 3 rings (SSSR count). The molecule has 0 radical (unpaired) electrons. The van der Waals surface area contributed by atoms with E-state index in [1.54, 1.807) is 12.1 Å². The van der Waals surface area contributed by atoms with Gasteiger partial charge in [-0.1, -0.05) is 36.4 Å². The van der Waals surface area contributed by atoms with Crippen molar-refractivity contribution >= 4 is 0 Å². The van der Waals surface area contributed by atoms with Gasteiger partial charge in [0.25, 0.3) is 0 Å². The second kappa shape index (κ2) is 7.16. The number of nitrogens with zero attached hydrogens (tertiary/aromatic N) is 1. The second-order valence-electron chi connectivity index (χ2n) is 7.16. The summed E-state index contributed by atoms with van der Waals surface area (Å²) in [6.45, 7) is 5.32. The summed E-state index contributed by atoms with van der Waals surface area (Å²) >= 11 is 0. The largest absolute Gasteiger partial charge is 0.508 e. The number of rotatable bonds is 4. The van der Waals surface area contributed by atoms with E-state index in [2.05, 4.69) is 4.90 Å². The van der Waals surface area contributed by atoms with Gasteiger partial charge in [0.2, 0.25) is 0 Å². The van der Waals surface area contributed by atoms with Crippen LogP contribution < -0.4 is 0 Å². The lowest BCUT2D eigenvalue weighted by Gasteiger charge is -2.42. The van der Waals surface area contributed by atoms with Crippen LogP contribution in [-0.2, 0) is 5.60 Å². The van der Waals surface area contributed by atoms with Gasteiger partial charge in [-0.05, 0) is 55.5 Å². The highest BCUT2D eigenvalue weighted by Crippen LogP contribution is 2.35. The van der Waals surface area contributed by atoms with Gasteiger partial charge < -0.3 is 15.3 Å². The molecule has 134 valence electrons. The Morgan fingerprint density at radius 1 is 1.04 bits per heavy atom. The number of aromatic hydroxyl groups is 1. The molecule has 3 N–H and O–H groups in total. The number of aliphatic hydroxyl groups excluding tert-OH is 1. The lowest BCUT2D eigenvalue weighted by Crippen LogP contribution is -2.47. The van der Waals surface area contributed by atoms with Crippen LogP contribution in [0.3, 0.4) is 0 Å². The number of aliphatic hydroxyl groups is 2. The smallest absolute Gasteiger partial charge is 0.118 e. The standard InChI is InChI=1S/C21H27NO3/c1-15-14-17(8-9-19(15)23)20(24)16(2)22-12-10-21(25,11-13-22)18-6-4-3-5-7-18/h3-9,14,16,20,23-25H,10-13H2,1-2H3. The zero-order chi connectivity index (χ0) is 18.0. The van der Waals surface area contributed by atoms with Gasteiger partial charge >= 0.3 is 0 Å². The van der Waals surface area contributed by atoms with Gasteiger partial charge in [0, 0.05) is 19.1 Å². The Labute approximate surface area is 149 Å². The van der Waals surface area contributed by atoms with Crippen LogP contribution in [0.4, 0.5) is 0 Å². The number of aryl methyl sites for hydroxylation is 1. The number of phenols is 1. The van der Waals surface area contributed by atoms with Gasteiger partial charge in [-0.3, -0.25) is 4.90 Å². The Hall–Kier alpha value is -1.88. The molecule has 0 spiro atoms. The molecule has 4 heteroatoms. The second-order valence-corrected chi connectivity index (χ2v) is 7.16. The van der Waals surface area contributed by atoms with Gasteiger partial charge in [0.1, 0.15) is 5.75 Å². The van der Waals surface area contributed by atoms with E-state index in [0.29, 0.717) is 12.8 Å². The van der Waals surface area contributed by atoms with Crippen molar-refractivity contribution in [3.05, 3.63) is 65.2 Å². The summed E-state index contributed by atoms with van der Waals surface area (Å²) < 4.78 is 0. The van der Waals surface area contributed by atoms with Crippen molar-refractivity contribution < 1.29 is 15.3 Å². The van der Waals surface area contributed by atoms with Crippen molar-refractivity contribution in [2.24, 2.45) is 0 Å². The Kier molecular flexibility index (Phi) is 5.13. The van der Waals surface area contributed by atoms with Crippen molar-refractivity contribution in [1.82, 2.24) is 4.90 Å². The Morgan fingerprint density at radius 2 is 1.68 bits per heavy atom. The maximum atomic E-state index is 10.9. The highest BCUT2D eigenvalue weighted by Gasteiger charge is 2.36. The van der Waals surface area contributed by atoms with Crippen molar-refractivity contribution in [3.8, 4) is 5.75 Å². The predicted octanol–water partition coefficient (Wildman–Crippen LogP) is 3.11. The molecule has 1 saturated heterocycles. The van der Waals surface area contributed by atoms with Gasteiger partial charge in [-0.15, -0.1) is 0 Å². The van der Waals surface area contributed by atoms with Gasteiger partial charge in [0.05, 0.1) is 11.7 Å². The van der Waals surface area contributed by atoms with E-state index in [-0.39, 0.29) is 11.8 Å². The van der Waals surface area contributed by atoms with Crippen molar-refractivity contribution in [2.75, 3.05) is 13.1 Å². The fourth-order valence-corrected chi connectivity index (χ4v) is 3.68. The molecule has 2 aromatic carbocycles. The van der Waals surface area contributed by atoms with Crippen molar-refractivity contribution in [1.29, 1.82) is 0 Å². The van der Waals surface area contributed by atoms with Crippen LogP contribution in [0.1, 0.15) is 42.6 Å². The van der Waals surface area contributed by atoms with Crippen LogP contribution >= 0.6 is 0 Å². The normalized spacial score (nSPS) is 20.2. The van der Waals surface area contributed by atoms with Crippen LogP contribution in [0.15, 0.2) is 48.5 Å². The van der Waals surface area contributed by atoms with Crippen LogP contribution in [0.2, 0.25) is 0 Å². The summed E-state index contributed by atoms with van der Waals surface area (Å²) in [4.78, 5) is 2.23. The van der Waals surface area contributed by atoms with Gasteiger partial charge in [-0.2, -0.15) is 0 Å². The van der Waals surface area contributed by atoms with E-state index in [1.165, 1.54) is 0 Å². The number of likely N-dealkylation sites (tertiary alicyclic amines) is 1. The minimum atomic E-state index is -0.780. The van der Waals surface area contributed by atoms with E-state index in [0.717, 1.165) is 29.8 Å². The fraction of sp³-hybridized carbons (Fsp3) is 0.429. The molecule has 2 unspecified atom stereocenters. The molecule has 2 aromatic rings. The third-order valence-electron chi connectivity index (χ3n) is 5.53. The van der Waals surface area contributed by atoms with Crippen LogP contribution in [0, 0.1) is 6.92 Å². The first-order valence-corrected chi connectivity index (χ1v) is 8.90. The molecule has 25 heavy (non-hydrogen) atoms. The van der Waals surface area contributed by atoms with Crippen molar-refractivity contribution in [2.45, 2.75) is 44.4 Å². The first-order chi connectivity index (χ1) is 11.9. The number of hydrogen-bond acceptors (Lipinski definition) is 4. The van der Waals surface area contributed by atoms with E-state index in [9.17, 15) is 15.3 Å². The summed E-state index contributed by atoms with van der Waals surface area (Å²) in [6, 6.07) is 15.0. The molecule has 2 atom stereocenters. The first kappa shape index (κ1) is 17.9. The number of piperidine rings is 1. The quantitative estimate of drug-likeness (QED) is 0.800. The lowest BCUT2D eigenvalue weighted by molar-refractivity contribution is -0.0501. The summed E-state index contributed by atoms with van der Waals surface area (Å²) in [7, 11) is 0. The molecule has 0 saturated carbocycles. The number of phenolic OH excluding ortho intramolecular Hbond substituents is 1. The summed E-state index contributed by atoms with van der Waals surface area (Å²) in [5.74, 6) is 0.245. The van der Waals surface area contributed by atoms with Gasteiger partial charge in [-0.25, -0.2) is 0 Å². The third-order valence-corrected chi connectivity index (χ3v) is 5.53. The topological polar surface area (TPSA) is 63.9 Å². The summed E-state index contributed by atoms with van der Waals surface area (Å²) in [5.41, 5.74) is 1.77. The molecule has 0 amide bonds. The monoisotopic (exact) mass is 341 g/mol. The summed E-state index contributed by atoms with van der Waals surface area (Å²) in [6.07, 6.45) is 0.688. The molecule has 1 fully saturated rings. The molecule has 0 aromatic heterocycles. The number of benzene rings is 2. The average molecular weight is 341 g/mol. The summed E-state index contributed by atoms with van der Waals surface area (Å²) in [5, 5.41) is 31.3. The Balaban J connectivity index is 1.66. The minimum Gasteiger partial charge on any atom is -0.508 e. The Morgan fingerprint density at radius 3 is 2.28 bits per heavy atom. The van der Waals surface area contributed by atoms with Crippen LogP contribution in [0.25, 0.3) is 0 Å². The molecule has 4 nitrogen and oxygen atoms in total. The van der Waals surface area contributed by atoms with E-state index in [1.807, 2.05) is 50.2 Å². The molecule has 0 aliphatic carbocycles. The van der Waals surface area contributed by atoms with E-state index in [4.69, 9.17) is 0 Å². The third kappa shape index (κ3) is 3.71. The zero-order valence-electron chi connectivity index (χ0n) is 14.9. The molecule has 1 aliphatic rings. The fourth-order valence-electron chi connectivity index (χ4n) is 3.68. The van der Waals surface area contributed by atoms with E-state index >= 15 is 0 Å². The maximum absolute atomic E-state index is 10.9. The molecular weight excluding hydrogens is 314 g/mol. The van der Waals surface area contributed by atoms with E-state index < -0.39 is 11.7 Å². The minimum absolute atomic E-state index is 0.0516. The maximum Gasteiger partial charge on any atom is 0.118 e. The molecule has 1 heterocycles. The van der Waals surface area contributed by atoms with Crippen LogP contribution in [0.5, 0.6) is 5.75 Å². The lowest BCUT2D eigenvalue weighted by atomic mass is 9.83. The number of hydrogen-bond donors (Lipinski definition) is 3. The molecule has 1 aliphatic heterocycles. The molecule has 0 bridgehead atoms. The Bertz CT molecular complexity index is 708. The highest BCUT2D eigenvalue weighted by atomic mass is 16.3. The van der Waals surface area contributed by atoms with Gasteiger partial charge in [0.15, 0.2) is 0 Å². The highest BCUT2D eigenvalue weighted by molar-refractivity contribution is 5.36. The zero-order valence-corrected chi connectivity index (χ0v) is 14.9. The molecular formula is C21H27NO3. The first-order valence-electron chi connectivity index (χ1n) is 8.90. The predicted molar refractivity (Wildman–Crippen MR) is 98.4 cm³/mol. The average Bonchev–Trinajstić information content (AvgIpc) is 2.64.